The van der Waals surface area contributed by atoms with E-state index in [0.717, 1.165) is 57.7 Å². The third kappa shape index (κ3) is 2.92. The molecule has 1 saturated heterocycles. The van der Waals surface area contributed by atoms with Crippen LogP contribution >= 0.6 is 0 Å². The maximum absolute atomic E-state index is 12.5. The number of nitrogens with zero attached hydrogens (tertiary/aromatic N) is 2. The molecule has 4 rings (SSSR count). The number of carbonyl (C=O) groups excluding carboxylic acids is 1. The molecule has 0 saturated carbocycles. The Morgan fingerprint density at radius 2 is 2.21 bits per heavy atom. The number of carbonyl (C=O) groups is 1. The average Bonchev–Trinajstić information content (AvgIpc) is 3.20. The summed E-state index contributed by atoms with van der Waals surface area (Å²) in [7, 11) is 0. The Bertz CT molecular complexity index is 678. The third-order valence-electron chi connectivity index (χ3n) is 5.40. The molecule has 3 aliphatic rings. The molecule has 6 heteroatoms. The summed E-state index contributed by atoms with van der Waals surface area (Å²) in [6.45, 7) is 3.08. The summed E-state index contributed by atoms with van der Waals surface area (Å²) < 4.78 is 5.53. The van der Waals surface area contributed by atoms with Crippen molar-refractivity contribution in [3.63, 3.8) is 0 Å². The van der Waals surface area contributed by atoms with Gasteiger partial charge in [-0.2, -0.15) is 0 Å². The highest BCUT2D eigenvalue weighted by molar-refractivity contribution is 5.81. The van der Waals surface area contributed by atoms with Crippen molar-refractivity contribution in [2.45, 2.75) is 37.6 Å². The quantitative estimate of drug-likeness (QED) is 0.861. The molecule has 6 nitrogen and oxygen atoms in total. The number of benzene rings is 1. The molecule has 0 unspecified atom stereocenters. The molecule has 3 aliphatic heterocycles. The molecule has 3 N–H and O–H groups in total. The van der Waals surface area contributed by atoms with Crippen molar-refractivity contribution in [2.75, 3.05) is 26.2 Å². The second kappa shape index (κ2) is 6.00. The van der Waals surface area contributed by atoms with E-state index < -0.39 is 0 Å². The molecule has 1 spiro atoms. The summed E-state index contributed by atoms with van der Waals surface area (Å²) in [6.07, 6.45) is 4.17. The van der Waals surface area contributed by atoms with Crippen molar-refractivity contribution >= 4 is 11.9 Å². The van der Waals surface area contributed by atoms with Crippen LogP contribution < -0.4 is 15.8 Å². The van der Waals surface area contributed by atoms with Crippen LogP contribution in [0.4, 0.5) is 0 Å². The Morgan fingerprint density at radius 3 is 2.96 bits per heavy atom. The van der Waals surface area contributed by atoms with Gasteiger partial charge in [0.25, 0.3) is 0 Å². The van der Waals surface area contributed by atoms with Gasteiger partial charge in [-0.15, -0.1) is 0 Å². The Morgan fingerprint density at radius 1 is 1.38 bits per heavy atom. The van der Waals surface area contributed by atoms with Gasteiger partial charge in [-0.25, -0.2) is 0 Å². The zero-order chi connectivity index (χ0) is 16.6. The normalized spacial score (nSPS) is 21.2. The molecule has 0 atom stereocenters. The number of hydrogen-bond acceptors (Lipinski definition) is 5. The molecule has 24 heavy (non-hydrogen) atoms. The van der Waals surface area contributed by atoms with E-state index in [0.29, 0.717) is 12.4 Å². The number of nitrogens with two attached hydrogens (primary N) is 1. The van der Waals surface area contributed by atoms with Gasteiger partial charge < -0.3 is 20.7 Å². The van der Waals surface area contributed by atoms with Gasteiger partial charge in [0.2, 0.25) is 5.91 Å². The van der Waals surface area contributed by atoms with E-state index in [1.54, 1.807) is 0 Å². The first-order chi connectivity index (χ1) is 11.6. The molecule has 1 aromatic carbocycles. The lowest BCUT2D eigenvalue weighted by molar-refractivity contribution is -0.132. The summed E-state index contributed by atoms with van der Waals surface area (Å²) in [6, 6.07) is 6.29. The number of guanidine groups is 1. The Hall–Kier alpha value is -2.24. The Labute approximate surface area is 142 Å². The first-order valence-electron chi connectivity index (χ1n) is 8.74. The highest BCUT2D eigenvalue weighted by atomic mass is 16.5. The molecule has 128 valence electrons. The molecular weight excluding hydrogens is 304 g/mol. The summed E-state index contributed by atoms with van der Waals surface area (Å²) in [5.74, 6) is 1.78. The lowest BCUT2D eigenvalue weighted by Crippen LogP contribution is -2.55. The maximum atomic E-state index is 12.5. The highest BCUT2D eigenvalue weighted by Gasteiger charge is 2.38. The van der Waals surface area contributed by atoms with Gasteiger partial charge in [0.05, 0.1) is 18.7 Å². The predicted octanol–water partition coefficient (Wildman–Crippen LogP) is 0.833. The van der Waals surface area contributed by atoms with Gasteiger partial charge >= 0.3 is 0 Å². The van der Waals surface area contributed by atoms with Gasteiger partial charge in [0, 0.05) is 25.9 Å². The van der Waals surface area contributed by atoms with Crippen molar-refractivity contribution in [1.82, 2.24) is 10.2 Å². The van der Waals surface area contributed by atoms with E-state index in [1.165, 1.54) is 11.1 Å². The minimum Gasteiger partial charge on any atom is -0.493 e. The van der Waals surface area contributed by atoms with Crippen LogP contribution in [0.3, 0.4) is 0 Å². The van der Waals surface area contributed by atoms with E-state index in [2.05, 4.69) is 22.4 Å². The van der Waals surface area contributed by atoms with E-state index >= 15 is 0 Å². The van der Waals surface area contributed by atoms with Crippen molar-refractivity contribution in [3.8, 4) is 5.75 Å². The van der Waals surface area contributed by atoms with Gasteiger partial charge in [0.15, 0.2) is 5.96 Å². The lowest BCUT2D eigenvalue weighted by atomic mass is 9.88. The van der Waals surface area contributed by atoms with Crippen molar-refractivity contribution < 1.29 is 9.53 Å². The number of aryl methyl sites for hydroxylation is 1. The maximum Gasteiger partial charge on any atom is 0.222 e. The minimum absolute atomic E-state index is 0.0130. The summed E-state index contributed by atoms with van der Waals surface area (Å²) in [5.41, 5.74) is 8.21. The number of aliphatic imine (C=N–C) groups is 1. The number of rotatable bonds is 3. The number of ether oxygens (including phenoxy) is 1. The summed E-state index contributed by atoms with van der Waals surface area (Å²) in [4.78, 5) is 18.7. The smallest absolute Gasteiger partial charge is 0.222 e. The van der Waals surface area contributed by atoms with Crippen molar-refractivity contribution in [1.29, 1.82) is 0 Å². The molecule has 0 aromatic heterocycles. The van der Waals surface area contributed by atoms with Crippen LogP contribution in [0.1, 0.15) is 30.4 Å². The lowest BCUT2D eigenvalue weighted by Gasteiger charge is -2.39. The number of hydrogen-bond donors (Lipinski definition) is 2. The Balaban J connectivity index is 1.28. The van der Waals surface area contributed by atoms with Crippen LogP contribution in [0, 0.1) is 0 Å². The fourth-order valence-corrected chi connectivity index (χ4v) is 3.86. The molecule has 3 heterocycles. The molecule has 0 aliphatic carbocycles. The predicted molar refractivity (Wildman–Crippen MR) is 92.1 cm³/mol. The first kappa shape index (κ1) is 15.3. The van der Waals surface area contributed by atoms with Crippen LogP contribution in [0.25, 0.3) is 0 Å². The number of amides is 1. The fraction of sp³-hybridized carbons (Fsp3) is 0.556. The molecule has 1 fully saturated rings. The topological polar surface area (TPSA) is 80.0 Å². The highest BCUT2D eigenvalue weighted by Crippen LogP contribution is 2.27. The molecule has 0 radical (unpaired) electrons. The Kier molecular flexibility index (Phi) is 3.82. The minimum atomic E-state index is -0.0130. The average molecular weight is 328 g/mol. The fourth-order valence-electron chi connectivity index (χ4n) is 3.86. The zero-order valence-electron chi connectivity index (χ0n) is 13.9. The van der Waals surface area contributed by atoms with Crippen LogP contribution in [0.5, 0.6) is 5.75 Å². The van der Waals surface area contributed by atoms with E-state index in [1.807, 2.05) is 11.0 Å². The van der Waals surface area contributed by atoms with Gasteiger partial charge in [-0.3, -0.25) is 9.79 Å². The first-order valence-corrected chi connectivity index (χ1v) is 8.74. The number of likely N-dealkylation sites (tertiary alicyclic amines) is 1. The van der Waals surface area contributed by atoms with Gasteiger partial charge in [0.1, 0.15) is 5.75 Å². The van der Waals surface area contributed by atoms with Crippen LogP contribution in [-0.2, 0) is 17.6 Å². The molecule has 1 aromatic rings. The van der Waals surface area contributed by atoms with Crippen molar-refractivity contribution in [2.24, 2.45) is 10.7 Å². The second-order valence-corrected chi connectivity index (χ2v) is 7.03. The second-order valence-electron chi connectivity index (χ2n) is 7.03. The largest absolute Gasteiger partial charge is 0.493 e. The van der Waals surface area contributed by atoms with E-state index in [9.17, 15) is 4.79 Å². The number of piperidine rings is 1. The number of fused-ring (bicyclic) bond motifs is 1. The molecular formula is C18H24N4O2. The summed E-state index contributed by atoms with van der Waals surface area (Å²) in [5, 5.41) is 3.29. The van der Waals surface area contributed by atoms with Crippen molar-refractivity contribution in [3.05, 3.63) is 29.3 Å². The zero-order valence-corrected chi connectivity index (χ0v) is 13.9. The third-order valence-corrected chi connectivity index (χ3v) is 5.40. The molecule has 1 amide bonds. The SMILES string of the molecule is NC1=NCC2(CCN(C(=O)CCc3ccc4c(c3)CCO4)CC2)N1. The van der Waals surface area contributed by atoms with Crippen LogP contribution in [0.2, 0.25) is 0 Å². The number of nitrogens with one attached hydrogen (secondary N) is 1. The van der Waals surface area contributed by atoms with Crippen LogP contribution in [0.15, 0.2) is 23.2 Å². The van der Waals surface area contributed by atoms with Gasteiger partial charge in [-0.1, -0.05) is 12.1 Å². The molecule has 0 bridgehead atoms. The summed E-state index contributed by atoms with van der Waals surface area (Å²) >= 11 is 0. The monoisotopic (exact) mass is 328 g/mol. The van der Waals surface area contributed by atoms with E-state index in [4.69, 9.17) is 10.5 Å². The standard InChI is InChI=1S/C18H24N4O2/c19-17-20-12-18(21-17)6-8-22(9-7-18)16(23)4-2-13-1-3-15-14(11-13)5-10-24-15/h1,3,11H,2,4-10,12H2,(H3,19,20,21). The van der Waals surface area contributed by atoms with Crippen LogP contribution in [-0.4, -0.2) is 48.5 Å². The van der Waals surface area contributed by atoms with E-state index in [-0.39, 0.29) is 11.4 Å². The van der Waals surface area contributed by atoms with Gasteiger partial charge in [-0.05, 0) is 36.5 Å².